The summed E-state index contributed by atoms with van der Waals surface area (Å²) in [6.07, 6.45) is -24.1. The van der Waals surface area contributed by atoms with E-state index >= 15 is 0 Å². The van der Waals surface area contributed by atoms with E-state index < -0.39 is 145 Å². The minimum atomic E-state index is -5.10. The highest BCUT2D eigenvalue weighted by Gasteiger charge is 2.52. The molecule has 2 aliphatic rings. The van der Waals surface area contributed by atoms with Crippen molar-refractivity contribution < 1.29 is 104 Å². The molecular weight excluding hydrogens is 708 g/mol. The number of aliphatic hydroxyl groups is 8. The number of nitrogens with one attached hydrogen (secondary N) is 2. The van der Waals surface area contributed by atoms with Crippen molar-refractivity contribution in [2.45, 2.75) is 99.6 Å². The highest BCUT2D eigenvalue weighted by atomic mass is 32.3. The van der Waals surface area contributed by atoms with Crippen LogP contribution in [0.3, 0.4) is 0 Å². The first-order valence-electron chi connectivity index (χ1n) is 13.8. The van der Waals surface area contributed by atoms with Crippen LogP contribution in [-0.4, -0.2) is 191 Å². The monoisotopic (exact) mass is 748 g/mol. The van der Waals surface area contributed by atoms with E-state index in [9.17, 15) is 67.3 Å². The van der Waals surface area contributed by atoms with Crippen LogP contribution < -0.4 is 10.6 Å². The van der Waals surface area contributed by atoms with E-state index in [2.05, 4.69) is 19.0 Å². The first kappa shape index (κ1) is 42.4. The van der Waals surface area contributed by atoms with Crippen molar-refractivity contribution in [3.8, 4) is 0 Å². The summed E-state index contributed by atoms with van der Waals surface area (Å²) in [7, 11) is -10.2. The largest absolute Gasteiger partial charge is 0.397 e. The Hall–Kier alpha value is -1.80. The Morgan fingerprint density at radius 3 is 1.90 bits per heavy atom. The summed E-state index contributed by atoms with van der Waals surface area (Å²) in [5, 5.41) is 88.1. The van der Waals surface area contributed by atoms with E-state index in [1.54, 1.807) is 0 Å². The molecule has 0 radical (unpaired) electrons. The molecule has 0 aromatic carbocycles. The topological polar surface area (TPSA) is 384 Å². The molecule has 282 valence electrons. The van der Waals surface area contributed by atoms with Gasteiger partial charge in [-0.15, -0.1) is 0 Å². The number of amides is 2. The third kappa shape index (κ3) is 12.2. The van der Waals surface area contributed by atoms with E-state index in [0.29, 0.717) is 0 Å². The van der Waals surface area contributed by atoms with Gasteiger partial charge in [0.2, 0.25) is 11.8 Å². The Morgan fingerprint density at radius 1 is 0.812 bits per heavy atom. The van der Waals surface area contributed by atoms with Crippen molar-refractivity contribution in [3.05, 3.63) is 0 Å². The van der Waals surface area contributed by atoms with Gasteiger partial charge in [0.15, 0.2) is 12.6 Å². The van der Waals surface area contributed by atoms with Gasteiger partial charge in [-0.3, -0.25) is 18.7 Å². The average molecular weight is 749 g/mol. The van der Waals surface area contributed by atoms with Crippen LogP contribution in [0.25, 0.3) is 0 Å². The van der Waals surface area contributed by atoms with E-state index in [-0.39, 0.29) is 0 Å². The molecule has 26 heteroatoms. The third-order valence-corrected chi connectivity index (χ3v) is 7.82. The number of hydrogen-bond acceptors (Lipinski definition) is 20. The zero-order valence-electron chi connectivity index (χ0n) is 25.1. The molecule has 2 rings (SSSR count). The van der Waals surface area contributed by atoms with Crippen LogP contribution >= 0.6 is 0 Å². The number of hydrogen-bond donors (Lipinski definition) is 12. The minimum absolute atomic E-state index is 0.796. The molecule has 2 fully saturated rings. The number of carbonyl (C=O) groups is 2. The first-order valence-corrected chi connectivity index (χ1v) is 16.5. The van der Waals surface area contributed by atoms with Gasteiger partial charge >= 0.3 is 20.8 Å². The maximum atomic E-state index is 11.8. The van der Waals surface area contributed by atoms with Crippen LogP contribution in [0.15, 0.2) is 0 Å². The molecule has 12 N–H and O–H groups in total. The molecule has 2 saturated heterocycles. The van der Waals surface area contributed by atoms with Crippen LogP contribution in [-0.2, 0) is 57.7 Å². The predicted octanol–water partition coefficient (Wildman–Crippen LogP) is -8.00. The fourth-order valence-electron chi connectivity index (χ4n) is 4.75. The molecule has 14 atom stereocenters. The van der Waals surface area contributed by atoms with Crippen molar-refractivity contribution in [3.63, 3.8) is 0 Å². The van der Waals surface area contributed by atoms with Gasteiger partial charge in [-0.2, -0.15) is 16.8 Å². The SMILES string of the molecule is CC(=O)N[C@H]1[C@H](O[C@H]2[C@H](O)[C@@H](O)[C@H](O[C@@H]([C@@H](O)[C@H](O)COS(=O)(=O)O)[C@H](CO)NC(C)=O)O[C@@H]2CO)O[C@H](COS(=O)(=O)O)[C@H](O)[C@@H]1O. The molecule has 0 aromatic heterocycles. The summed E-state index contributed by atoms with van der Waals surface area (Å²) < 4.78 is 91.7. The molecular formula is C22H40N2O22S2. The zero-order valence-corrected chi connectivity index (χ0v) is 26.7. The normalized spacial score (nSPS) is 34.1. The van der Waals surface area contributed by atoms with Crippen LogP contribution in [0.2, 0.25) is 0 Å². The third-order valence-electron chi connectivity index (χ3n) is 6.96. The van der Waals surface area contributed by atoms with Gasteiger partial charge in [0.1, 0.15) is 67.1 Å². The molecule has 2 heterocycles. The Kier molecular flexibility index (Phi) is 15.8. The molecule has 2 aliphatic heterocycles. The summed E-state index contributed by atoms with van der Waals surface area (Å²) in [4.78, 5) is 23.5. The summed E-state index contributed by atoms with van der Waals surface area (Å²) >= 11 is 0. The van der Waals surface area contributed by atoms with E-state index in [1.807, 2.05) is 0 Å². The number of aliphatic hydroxyl groups excluding tert-OH is 8. The van der Waals surface area contributed by atoms with Crippen LogP contribution in [0.1, 0.15) is 13.8 Å². The van der Waals surface area contributed by atoms with Gasteiger partial charge in [0.05, 0.1) is 32.5 Å². The lowest BCUT2D eigenvalue weighted by molar-refractivity contribution is -0.356. The van der Waals surface area contributed by atoms with E-state index in [4.69, 9.17) is 28.1 Å². The first-order chi connectivity index (χ1) is 22.1. The lowest BCUT2D eigenvalue weighted by Gasteiger charge is -2.48. The van der Waals surface area contributed by atoms with Gasteiger partial charge in [-0.25, -0.2) is 8.37 Å². The smallest absolute Gasteiger partial charge is 0.394 e. The van der Waals surface area contributed by atoms with E-state index in [0.717, 1.165) is 13.8 Å². The lowest BCUT2D eigenvalue weighted by atomic mass is 9.95. The van der Waals surface area contributed by atoms with Crippen molar-refractivity contribution in [2.24, 2.45) is 0 Å². The summed E-state index contributed by atoms with van der Waals surface area (Å²) in [6, 6.07) is -3.26. The molecule has 2 amide bonds. The second kappa shape index (κ2) is 17.9. The predicted molar refractivity (Wildman–Crippen MR) is 147 cm³/mol. The lowest BCUT2D eigenvalue weighted by Crippen LogP contribution is -2.68. The summed E-state index contributed by atoms with van der Waals surface area (Å²) in [6.45, 7) is -2.41. The van der Waals surface area contributed by atoms with Gasteiger partial charge in [0, 0.05) is 13.8 Å². The summed E-state index contributed by atoms with van der Waals surface area (Å²) in [5.41, 5.74) is 0. The second-order valence-corrected chi connectivity index (χ2v) is 12.8. The fraction of sp³-hybridized carbons (Fsp3) is 0.909. The highest BCUT2D eigenvalue weighted by molar-refractivity contribution is 7.81. The van der Waals surface area contributed by atoms with Crippen molar-refractivity contribution in [2.75, 3.05) is 26.4 Å². The summed E-state index contributed by atoms with van der Waals surface area (Å²) in [5.74, 6) is -1.60. The average Bonchev–Trinajstić information content (AvgIpc) is 2.98. The van der Waals surface area contributed by atoms with E-state index in [1.165, 1.54) is 0 Å². The fourth-order valence-corrected chi connectivity index (χ4v) is 5.37. The maximum Gasteiger partial charge on any atom is 0.397 e. The molecule has 0 aliphatic carbocycles. The van der Waals surface area contributed by atoms with Crippen molar-refractivity contribution in [1.29, 1.82) is 0 Å². The molecule has 0 unspecified atom stereocenters. The molecule has 48 heavy (non-hydrogen) atoms. The molecule has 0 saturated carbocycles. The van der Waals surface area contributed by atoms with Gasteiger partial charge in [0.25, 0.3) is 0 Å². The van der Waals surface area contributed by atoms with Gasteiger partial charge in [-0.1, -0.05) is 0 Å². The van der Waals surface area contributed by atoms with Gasteiger partial charge < -0.3 is 70.4 Å². The number of carbonyl (C=O) groups excluding carboxylic acids is 2. The highest BCUT2D eigenvalue weighted by Crippen LogP contribution is 2.31. The van der Waals surface area contributed by atoms with Crippen molar-refractivity contribution >= 4 is 32.6 Å². The Labute approximate surface area is 273 Å². The Morgan fingerprint density at radius 2 is 1.40 bits per heavy atom. The van der Waals surface area contributed by atoms with Crippen molar-refractivity contribution in [1.82, 2.24) is 10.6 Å². The standard InChI is InChI=1S/C22H40N2O22S2/c1-7(27)23-9(3-25)19(14(30)10(29)5-41-47(35,36)37)45-22-18(34)17(33)20(11(4-26)43-22)46-21-13(24-8(2)28)16(32)15(31)12(44-21)6-42-48(38,39)40/h9-22,25-26,29-34H,3-6H2,1-2H3,(H,23,27)(H,24,28)(H,35,36,37)(H,38,39,40)/t9-,10+,11+,12+,13+,14-,15-,16+,17+,18+,19+,20+,21-,22-/m0/s1. The minimum Gasteiger partial charge on any atom is -0.394 e. The zero-order chi connectivity index (χ0) is 36.7. The molecule has 0 aromatic rings. The number of rotatable bonds is 17. The molecule has 0 bridgehead atoms. The van der Waals surface area contributed by atoms with Gasteiger partial charge in [-0.05, 0) is 0 Å². The Bertz CT molecular complexity index is 1270. The van der Waals surface area contributed by atoms with Crippen LogP contribution in [0.5, 0.6) is 0 Å². The molecule has 0 spiro atoms. The van der Waals surface area contributed by atoms with Crippen LogP contribution in [0, 0.1) is 0 Å². The second-order valence-electron chi connectivity index (χ2n) is 10.6. The molecule has 24 nitrogen and oxygen atoms in total. The Balaban J connectivity index is 2.35. The van der Waals surface area contributed by atoms with Crippen LogP contribution in [0.4, 0.5) is 0 Å². The maximum absolute atomic E-state index is 11.8. The number of ether oxygens (including phenoxy) is 4. The quantitative estimate of drug-likeness (QED) is 0.0614.